The second-order valence-electron chi connectivity index (χ2n) is 8.42. The number of alkyl halides is 3. The summed E-state index contributed by atoms with van der Waals surface area (Å²) in [7, 11) is 0. The van der Waals surface area contributed by atoms with Gasteiger partial charge in [0.05, 0.1) is 11.3 Å². The number of rotatable bonds is 4. The van der Waals surface area contributed by atoms with Crippen LogP contribution in [0.4, 0.5) is 13.2 Å². The average molecular weight is 463 g/mol. The second kappa shape index (κ2) is 8.82. The highest BCUT2D eigenvalue weighted by Gasteiger charge is 2.30. The van der Waals surface area contributed by atoms with Crippen molar-refractivity contribution in [2.45, 2.75) is 33.5 Å². The summed E-state index contributed by atoms with van der Waals surface area (Å²) >= 11 is 6.35. The predicted octanol–water partition coefficient (Wildman–Crippen LogP) is 6.46. The Bertz CT molecular complexity index is 1140. The Morgan fingerprint density at radius 3 is 2.25 bits per heavy atom. The number of aromatic nitrogens is 1. The van der Waals surface area contributed by atoms with Crippen LogP contribution in [0.5, 0.6) is 5.88 Å². The molecule has 32 heavy (non-hydrogen) atoms. The van der Waals surface area contributed by atoms with Crippen molar-refractivity contribution in [3.05, 3.63) is 70.7 Å². The molecule has 3 rings (SSSR count). The normalized spacial score (nSPS) is 12.0. The maximum absolute atomic E-state index is 12.8. The van der Waals surface area contributed by atoms with Gasteiger partial charge in [-0.25, -0.2) is 4.98 Å². The molecule has 168 valence electrons. The number of pyridine rings is 1. The molecule has 2 aromatic carbocycles. The van der Waals surface area contributed by atoms with Gasteiger partial charge in [-0.2, -0.15) is 13.2 Å². The van der Waals surface area contributed by atoms with Crippen LogP contribution in [0.25, 0.3) is 22.4 Å². The number of halogens is 4. The fourth-order valence-corrected chi connectivity index (χ4v) is 3.21. The molecule has 1 amide bonds. The number of carbonyl (C=O) groups is 1. The zero-order valence-corrected chi connectivity index (χ0v) is 18.5. The molecule has 0 aliphatic carbocycles. The van der Waals surface area contributed by atoms with E-state index < -0.39 is 17.2 Å². The molecule has 4 nitrogen and oxygen atoms in total. The van der Waals surface area contributed by atoms with Gasteiger partial charge in [-0.15, -0.1) is 0 Å². The Kier molecular flexibility index (Phi) is 6.51. The first-order chi connectivity index (χ1) is 14.8. The van der Waals surface area contributed by atoms with Gasteiger partial charge in [-0.3, -0.25) is 4.79 Å². The van der Waals surface area contributed by atoms with Crippen LogP contribution < -0.4 is 5.32 Å². The van der Waals surface area contributed by atoms with Crippen LogP contribution in [-0.2, 0) is 17.5 Å². The quantitative estimate of drug-likeness (QED) is 0.468. The summed E-state index contributed by atoms with van der Waals surface area (Å²) in [5, 5.41) is 13.4. The van der Waals surface area contributed by atoms with E-state index in [0.717, 1.165) is 17.7 Å². The van der Waals surface area contributed by atoms with E-state index in [1.54, 1.807) is 24.3 Å². The lowest BCUT2D eigenvalue weighted by Crippen LogP contribution is -2.34. The van der Waals surface area contributed by atoms with E-state index in [-0.39, 0.29) is 18.3 Å². The monoisotopic (exact) mass is 462 g/mol. The number of amides is 1. The molecular formula is C24H22ClF3N2O2. The highest BCUT2D eigenvalue weighted by atomic mass is 35.5. The fourth-order valence-electron chi connectivity index (χ4n) is 3.00. The van der Waals surface area contributed by atoms with Gasteiger partial charge < -0.3 is 10.4 Å². The molecule has 1 heterocycles. The summed E-state index contributed by atoms with van der Waals surface area (Å²) in [6, 6.07) is 12.8. The molecule has 0 radical (unpaired) electrons. The lowest BCUT2D eigenvalue weighted by atomic mass is 9.95. The number of nitrogens with zero attached hydrogens (tertiary/aromatic N) is 1. The highest BCUT2D eigenvalue weighted by Crippen LogP contribution is 2.35. The minimum Gasteiger partial charge on any atom is -0.493 e. The average Bonchev–Trinajstić information content (AvgIpc) is 2.71. The van der Waals surface area contributed by atoms with Crippen LogP contribution in [0, 0.1) is 5.41 Å². The maximum Gasteiger partial charge on any atom is 0.416 e. The largest absolute Gasteiger partial charge is 0.493 e. The first-order valence-electron chi connectivity index (χ1n) is 9.80. The Balaban J connectivity index is 1.93. The fraction of sp³-hybridized carbons (Fsp3) is 0.250. The zero-order valence-electron chi connectivity index (χ0n) is 17.7. The Hall–Kier alpha value is -3.06. The lowest BCUT2D eigenvalue weighted by Gasteiger charge is -2.18. The molecule has 1 aromatic heterocycles. The molecular weight excluding hydrogens is 441 g/mol. The number of aromatic hydroxyl groups is 1. The van der Waals surface area contributed by atoms with Crippen molar-refractivity contribution in [1.82, 2.24) is 10.3 Å². The molecule has 0 fully saturated rings. The minimum absolute atomic E-state index is 0.103. The maximum atomic E-state index is 12.8. The van der Waals surface area contributed by atoms with E-state index in [1.807, 2.05) is 20.8 Å². The van der Waals surface area contributed by atoms with Crippen LogP contribution >= 0.6 is 11.6 Å². The first-order valence-corrected chi connectivity index (χ1v) is 10.2. The molecule has 0 aliphatic heterocycles. The van der Waals surface area contributed by atoms with E-state index in [2.05, 4.69) is 10.3 Å². The number of benzene rings is 2. The molecule has 0 bridgehead atoms. The van der Waals surface area contributed by atoms with Gasteiger partial charge in [0.15, 0.2) is 0 Å². The van der Waals surface area contributed by atoms with E-state index >= 15 is 0 Å². The van der Waals surface area contributed by atoms with Gasteiger partial charge >= 0.3 is 6.18 Å². The van der Waals surface area contributed by atoms with Crippen molar-refractivity contribution in [2.75, 3.05) is 0 Å². The molecule has 0 atom stereocenters. The molecule has 0 saturated carbocycles. The van der Waals surface area contributed by atoms with Gasteiger partial charge in [-0.05, 0) is 47.0 Å². The second-order valence-corrected chi connectivity index (χ2v) is 8.83. The summed E-state index contributed by atoms with van der Waals surface area (Å²) < 4.78 is 38.5. The summed E-state index contributed by atoms with van der Waals surface area (Å²) in [6.45, 7) is 5.73. The third-order valence-electron chi connectivity index (χ3n) is 4.80. The third-order valence-corrected chi connectivity index (χ3v) is 5.13. The van der Waals surface area contributed by atoms with E-state index in [4.69, 9.17) is 11.6 Å². The van der Waals surface area contributed by atoms with Crippen molar-refractivity contribution in [2.24, 2.45) is 5.41 Å². The molecule has 0 saturated heterocycles. The number of carbonyl (C=O) groups excluding carboxylic acids is 1. The highest BCUT2D eigenvalue weighted by molar-refractivity contribution is 6.33. The van der Waals surface area contributed by atoms with Gasteiger partial charge in [0, 0.05) is 28.6 Å². The molecule has 0 spiro atoms. The Labute approximate surface area is 189 Å². The van der Waals surface area contributed by atoms with E-state index in [0.29, 0.717) is 27.4 Å². The van der Waals surface area contributed by atoms with Gasteiger partial charge in [0.1, 0.15) is 0 Å². The SMILES string of the molecule is CC(C)(C)C(=O)NCc1ccc(Cl)c(-c2cc(-c3ccc(C(F)(F)F)cc3)cc(O)n2)c1. The zero-order chi connectivity index (χ0) is 23.7. The summed E-state index contributed by atoms with van der Waals surface area (Å²) in [5.41, 5.74) is 1.35. The van der Waals surface area contributed by atoms with E-state index in [9.17, 15) is 23.1 Å². The smallest absolute Gasteiger partial charge is 0.416 e. The Morgan fingerprint density at radius 1 is 1.00 bits per heavy atom. The molecule has 8 heteroatoms. The van der Waals surface area contributed by atoms with Crippen molar-refractivity contribution in [1.29, 1.82) is 0 Å². The lowest BCUT2D eigenvalue weighted by molar-refractivity contribution is -0.137. The number of hydrogen-bond donors (Lipinski definition) is 2. The molecule has 2 N–H and O–H groups in total. The van der Waals surface area contributed by atoms with Gasteiger partial charge in [0.25, 0.3) is 0 Å². The van der Waals surface area contributed by atoms with Gasteiger partial charge in [-0.1, -0.05) is 50.6 Å². The van der Waals surface area contributed by atoms with Gasteiger partial charge in [0.2, 0.25) is 11.8 Å². The van der Waals surface area contributed by atoms with Crippen LogP contribution in [0.1, 0.15) is 31.9 Å². The number of hydrogen-bond acceptors (Lipinski definition) is 3. The Morgan fingerprint density at radius 2 is 1.66 bits per heavy atom. The van der Waals surface area contributed by atoms with Crippen LogP contribution in [-0.4, -0.2) is 16.0 Å². The molecule has 0 aliphatic rings. The standard InChI is InChI=1S/C24H22ClF3N2O2/c1-23(2,3)22(32)29-13-14-4-9-19(25)18(10-14)20-11-16(12-21(31)30-20)15-5-7-17(8-6-15)24(26,27)28/h4-12H,13H2,1-3H3,(H,29,32)(H,30,31). The summed E-state index contributed by atoms with van der Waals surface area (Å²) in [4.78, 5) is 16.3. The third kappa shape index (κ3) is 5.59. The topological polar surface area (TPSA) is 62.2 Å². The summed E-state index contributed by atoms with van der Waals surface area (Å²) in [6.07, 6.45) is -4.43. The minimum atomic E-state index is -4.43. The summed E-state index contributed by atoms with van der Waals surface area (Å²) in [5.74, 6) is -0.394. The van der Waals surface area contributed by atoms with Crippen molar-refractivity contribution >= 4 is 17.5 Å². The molecule has 3 aromatic rings. The van der Waals surface area contributed by atoms with Crippen molar-refractivity contribution < 1.29 is 23.1 Å². The van der Waals surface area contributed by atoms with Crippen LogP contribution in [0.2, 0.25) is 5.02 Å². The van der Waals surface area contributed by atoms with Crippen LogP contribution in [0.3, 0.4) is 0 Å². The number of nitrogens with one attached hydrogen (secondary N) is 1. The van der Waals surface area contributed by atoms with Crippen molar-refractivity contribution in [3.8, 4) is 28.3 Å². The molecule has 0 unspecified atom stereocenters. The van der Waals surface area contributed by atoms with E-state index in [1.165, 1.54) is 18.2 Å². The predicted molar refractivity (Wildman–Crippen MR) is 118 cm³/mol. The van der Waals surface area contributed by atoms with Crippen LogP contribution in [0.15, 0.2) is 54.6 Å². The first kappa shape index (κ1) is 23.6. The van der Waals surface area contributed by atoms with Crippen molar-refractivity contribution in [3.63, 3.8) is 0 Å².